The predicted molar refractivity (Wildman–Crippen MR) is 131 cm³/mol. The maximum absolute atomic E-state index is 14.1. The monoisotopic (exact) mass is 551 g/mol. The second kappa shape index (κ2) is 9.92. The van der Waals surface area contributed by atoms with E-state index in [0.717, 1.165) is 6.07 Å². The molecule has 192 valence electrons. The van der Waals surface area contributed by atoms with Gasteiger partial charge in [-0.15, -0.1) is 0 Å². The summed E-state index contributed by atoms with van der Waals surface area (Å²) in [6.07, 6.45) is -4.73. The Hall–Kier alpha value is -3.21. The number of amides is 1. The number of halogens is 6. The number of hydrogen-bond donors (Lipinski definition) is 0. The molecule has 2 aromatic carbocycles. The zero-order valence-electron chi connectivity index (χ0n) is 19.1. The van der Waals surface area contributed by atoms with Gasteiger partial charge < -0.3 is 4.90 Å². The van der Waals surface area contributed by atoms with Crippen molar-refractivity contribution in [1.82, 2.24) is 24.4 Å². The van der Waals surface area contributed by atoms with Crippen molar-refractivity contribution < 1.29 is 22.4 Å². The zero-order chi connectivity index (χ0) is 26.3. The van der Waals surface area contributed by atoms with Crippen molar-refractivity contribution in [2.24, 2.45) is 0 Å². The van der Waals surface area contributed by atoms with Crippen LogP contribution in [0.1, 0.15) is 21.7 Å². The predicted octanol–water partition coefficient (Wildman–Crippen LogP) is 5.82. The van der Waals surface area contributed by atoms with E-state index in [2.05, 4.69) is 10.1 Å². The standard InChI is InChI=1S/C25H19Cl2F4N5O/c26-16-6-4-15(5-7-16)20-12-22(25(29,30)31)36-23(32-20)13-21(33-36)24(37)35-10-8-34(9-11-35)14-17-18(27)2-1-3-19(17)28/h1-7,12-13H,8-11,14H2. The number of aromatic nitrogens is 3. The molecule has 0 atom stereocenters. The first-order valence-electron chi connectivity index (χ1n) is 11.3. The first-order chi connectivity index (χ1) is 17.6. The molecule has 6 nitrogen and oxygen atoms in total. The summed E-state index contributed by atoms with van der Waals surface area (Å²) in [6.45, 7) is 1.77. The van der Waals surface area contributed by atoms with Gasteiger partial charge in [0.25, 0.3) is 5.91 Å². The first-order valence-corrected chi connectivity index (χ1v) is 12.0. The van der Waals surface area contributed by atoms with Crippen LogP contribution < -0.4 is 0 Å². The van der Waals surface area contributed by atoms with E-state index in [0.29, 0.717) is 51.9 Å². The van der Waals surface area contributed by atoms with Crippen molar-refractivity contribution in [2.75, 3.05) is 26.2 Å². The van der Waals surface area contributed by atoms with Gasteiger partial charge >= 0.3 is 6.18 Å². The number of carbonyl (C=O) groups excluding carboxylic acids is 1. The Morgan fingerprint density at radius 2 is 1.68 bits per heavy atom. The molecule has 5 rings (SSSR count). The maximum atomic E-state index is 14.1. The minimum absolute atomic E-state index is 0.0795. The Kier molecular flexibility index (Phi) is 6.82. The summed E-state index contributed by atoms with van der Waals surface area (Å²) in [4.78, 5) is 20.9. The zero-order valence-corrected chi connectivity index (χ0v) is 20.7. The minimum atomic E-state index is -4.73. The lowest BCUT2D eigenvalue weighted by atomic mass is 10.1. The topological polar surface area (TPSA) is 53.7 Å². The lowest BCUT2D eigenvalue weighted by molar-refractivity contribution is -0.142. The van der Waals surface area contributed by atoms with Crippen LogP contribution >= 0.6 is 23.2 Å². The summed E-state index contributed by atoms with van der Waals surface area (Å²) in [5.74, 6) is -0.906. The number of nitrogens with zero attached hydrogens (tertiary/aromatic N) is 5. The molecular weight excluding hydrogens is 533 g/mol. The van der Waals surface area contributed by atoms with Crippen molar-refractivity contribution in [3.05, 3.63) is 87.4 Å². The quantitative estimate of drug-likeness (QED) is 0.300. The molecule has 0 radical (unpaired) electrons. The number of benzene rings is 2. The van der Waals surface area contributed by atoms with E-state index in [1.165, 1.54) is 23.1 Å². The van der Waals surface area contributed by atoms with E-state index < -0.39 is 23.6 Å². The molecule has 1 amide bonds. The van der Waals surface area contributed by atoms with Gasteiger partial charge in [-0.3, -0.25) is 9.69 Å². The number of rotatable bonds is 4. The van der Waals surface area contributed by atoms with Gasteiger partial charge in [0.05, 0.1) is 5.69 Å². The summed E-state index contributed by atoms with van der Waals surface area (Å²) in [6, 6.07) is 12.9. The van der Waals surface area contributed by atoms with Gasteiger partial charge in [0.15, 0.2) is 17.0 Å². The third-order valence-corrected chi connectivity index (χ3v) is 6.79. The highest BCUT2D eigenvalue weighted by atomic mass is 35.5. The molecule has 0 unspecified atom stereocenters. The summed E-state index contributed by atoms with van der Waals surface area (Å²) < 4.78 is 56.4. The Bertz CT molecular complexity index is 1440. The smallest absolute Gasteiger partial charge is 0.335 e. The van der Waals surface area contributed by atoms with Crippen LogP contribution in [0.15, 0.2) is 54.6 Å². The van der Waals surface area contributed by atoms with Crippen molar-refractivity contribution >= 4 is 34.8 Å². The molecule has 0 saturated carbocycles. The van der Waals surface area contributed by atoms with Crippen molar-refractivity contribution in [2.45, 2.75) is 12.7 Å². The lowest BCUT2D eigenvalue weighted by Gasteiger charge is -2.34. The van der Waals surface area contributed by atoms with Crippen LogP contribution in [0, 0.1) is 5.82 Å². The van der Waals surface area contributed by atoms with Crippen LogP contribution in [0.25, 0.3) is 16.9 Å². The second-order valence-corrected chi connectivity index (χ2v) is 9.44. The van der Waals surface area contributed by atoms with E-state index in [4.69, 9.17) is 23.2 Å². The molecule has 1 saturated heterocycles. The van der Waals surface area contributed by atoms with Gasteiger partial charge in [0.2, 0.25) is 0 Å². The molecule has 1 aliphatic heterocycles. The van der Waals surface area contributed by atoms with Crippen LogP contribution in [0.4, 0.5) is 17.6 Å². The van der Waals surface area contributed by atoms with Gasteiger partial charge in [-0.1, -0.05) is 41.4 Å². The van der Waals surface area contributed by atoms with Gasteiger partial charge in [0.1, 0.15) is 5.82 Å². The molecule has 2 aromatic heterocycles. The number of hydrogen-bond acceptors (Lipinski definition) is 4. The number of carbonyl (C=O) groups is 1. The number of alkyl halides is 3. The van der Waals surface area contributed by atoms with E-state index >= 15 is 0 Å². The maximum Gasteiger partial charge on any atom is 0.433 e. The Labute approximate surface area is 219 Å². The molecule has 1 aliphatic rings. The number of fused-ring (bicyclic) bond motifs is 1. The van der Waals surface area contributed by atoms with Crippen LogP contribution in [0.3, 0.4) is 0 Å². The lowest BCUT2D eigenvalue weighted by Crippen LogP contribution is -2.48. The summed E-state index contributed by atoms with van der Waals surface area (Å²) in [5, 5.41) is 4.72. The van der Waals surface area contributed by atoms with E-state index in [9.17, 15) is 22.4 Å². The Morgan fingerprint density at radius 1 is 0.973 bits per heavy atom. The van der Waals surface area contributed by atoms with Gasteiger partial charge in [-0.25, -0.2) is 13.9 Å². The Morgan fingerprint density at radius 3 is 2.32 bits per heavy atom. The molecule has 0 spiro atoms. The summed E-state index contributed by atoms with van der Waals surface area (Å²) in [5.41, 5.74) is -0.388. The van der Waals surface area contributed by atoms with Crippen LogP contribution in [0.2, 0.25) is 10.0 Å². The average molecular weight is 552 g/mol. The van der Waals surface area contributed by atoms with E-state index in [1.807, 2.05) is 4.90 Å². The highest BCUT2D eigenvalue weighted by Crippen LogP contribution is 2.33. The van der Waals surface area contributed by atoms with Crippen LogP contribution in [-0.2, 0) is 12.7 Å². The van der Waals surface area contributed by atoms with Crippen molar-refractivity contribution in [3.63, 3.8) is 0 Å². The fourth-order valence-electron chi connectivity index (χ4n) is 4.23. The highest BCUT2D eigenvalue weighted by molar-refractivity contribution is 6.31. The fraction of sp³-hybridized carbons (Fsp3) is 0.240. The highest BCUT2D eigenvalue weighted by Gasteiger charge is 2.36. The normalized spacial score (nSPS) is 14.9. The molecule has 3 heterocycles. The third kappa shape index (κ3) is 5.27. The second-order valence-electron chi connectivity index (χ2n) is 8.60. The molecule has 4 aromatic rings. The SMILES string of the molecule is O=C(c1cc2nc(-c3ccc(Cl)cc3)cc(C(F)(F)F)n2n1)N1CCN(Cc2c(F)cccc2Cl)CC1. The summed E-state index contributed by atoms with van der Waals surface area (Å²) in [7, 11) is 0. The van der Waals surface area contributed by atoms with Gasteiger partial charge in [-0.05, 0) is 30.3 Å². The van der Waals surface area contributed by atoms with Crippen LogP contribution in [-0.4, -0.2) is 56.5 Å². The molecule has 12 heteroatoms. The van der Waals surface area contributed by atoms with Crippen molar-refractivity contribution in [1.29, 1.82) is 0 Å². The van der Waals surface area contributed by atoms with Gasteiger partial charge in [0, 0.05) is 60.0 Å². The average Bonchev–Trinajstić information content (AvgIpc) is 3.30. The molecule has 0 N–H and O–H groups in total. The first kappa shape index (κ1) is 25.4. The third-order valence-electron chi connectivity index (χ3n) is 6.18. The Balaban J connectivity index is 1.37. The largest absolute Gasteiger partial charge is 0.433 e. The molecule has 37 heavy (non-hydrogen) atoms. The summed E-state index contributed by atoms with van der Waals surface area (Å²) >= 11 is 12.0. The van der Waals surface area contributed by atoms with Gasteiger partial charge in [-0.2, -0.15) is 18.3 Å². The molecular formula is C25H19Cl2F4N5O. The van der Waals surface area contributed by atoms with Crippen molar-refractivity contribution in [3.8, 4) is 11.3 Å². The van der Waals surface area contributed by atoms with Crippen LogP contribution in [0.5, 0.6) is 0 Å². The molecule has 1 fully saturated rings. The molecule has 0 bridgehead atoms. The molecule has 0 aliphatic carbocycles. The number of piperazine rings is 1. The van der Waals surface area contributed by atoms with E-state index in [1.54, 1.807) is 30.3 Å². The minimum Gasteiger partial charge on any atom is -0.335 e. The van der Waals surface area contributed by atoms with E-state index in [-0.39, 0.29) is 23.6 Å². The fourth-order valence-corrected chi connectivity index (χ4v) is 4.58.